The average Bonchev–Trinajstić information content (AvgIpc) is 2.28. The van der Waals surface area contributed by atoms with Crippen LogP contribution < -0.4 is 5.32 Å². The van der Waals surface area contributed by atoms with Crippen molar-refractivity contribution in [1.29, 1.82) is 0 Å². The molecule has 3 heteroatoms. The quantitative estimate of drug-likeness (QED) is 0.824. The molecule has 17 heavy (non-hydrogen) atoms. The first kappa shape index (κ1) is 14.1. The molecule has 1 nitrogen and oxygen atoms in total. The first-order valence-electron chi connectivity index (χ1n) is 6.15. The second kappa shape index (κ2) is 6.10. The van der Waals surface area contributed by atoms with E-state index in [1.165, 1.54) is 12.1 Å². The predicted octanol–water partition coefficient (Wildman–Crippen LogP) is 3.91. The largest absolute Gasteiger partial charge is 0.310 e. The van der Waals surface area contributed by atoms with Crippen molar-refractivity contribution >= 4 is 0 Å². The van der Waals surface area contributed by atoms with Gasteiger partial charge in [-0.1, -0.05) is 27.7 Å². The van der Waals surface area contributed by atoms with Gasteiger partial charge in [0.1, 0.15) is 11.6 Å². The molecule has 0 amide bonds. The highest BCUT2D eigenvalue weighted by molar-refractivity contribution is 5.23. The van der Waals surface area contributed by atoms with Gasteiger partial charge in [0.15, 0.2) is 0 Å². The van der Waals surface area contributed by atoms with Crippen molar-refractivity contribution < 1.29 is 8.78 Å². The summed E-state index contributed by atoms with van der Waals surface area (Å²) in [5.74, 6) is -0.0851. The van der Waals surface area contributed by atoms with Crippen LogP contribution >= 0.6 is 0 Å². The topological polar surface area (TPSA) is 12.0 Å². The average molecular weight is 241 g/mol. The van der Waals surface area contributed by atoms with Gasteiger partial charge in [0.25, 0.3) is 0 Å². The molecule has 0 bridgehead atoms. The van der Waals surface area contributed by atoms with Crippen molar-refractivity contribution in [3.05, 3.63) is 35.4 Å². The molecule has 0 spiro atoms. The van der Waals surface area contributed by atoms with Gasteiger partial charge in [-0.15, -0.1) is 0 Å². The number of hydrogen-bond donors (Lipinski definition) is 1. The maximum Gasteiger partial charge on any atom is 0.128 e. The van der Waals surface area contributed by atoms with Crippen LogP contribution in [-0.4, -0.2) is 6.54 Å². The lowest BCUT2D eigenvalue weighted by Crippen LogP contribution is -2.30. The summed E-state index contributed by atoms with van der Waals surface area (Å²) in [6.07, 6.45) is 0. The lowest BCUT2D eigenvalue weighted by molar-refractivity contribution is 0.300. The first-order chi connectivity index (χ1) is 7.97. The third-order valence-electron chi connectivity index (χ3n) is 3.29. The minimum atomic E-state index is -0.389. The Hall–Kier alpha value is -0.960. The lowest BCUT2D eigenvalue weighted by Gasteiger charge is -2.28. The Morgan fingerprint density at radius 1 is 1.18 bits per heavy atom. The molecule has 1 aromatic rings. The molecule has 0 heterocycles. The second-order valence-electron chi connectivity index (χ2n) is 4.80. The van der Waals surface area contributed by atoms with Crippen LogP contribution in [0.15, 0.2) is 18.2 Å². The molecule has 1 aromatic carbocycles. The van der Waals surface area contributed by atoms with Crippen LogP contribution in [0.25, 0.3) is 0 Å². The van der Waals surface area contributed by atoms with E-state index >= 15 is 0 Å². The summed E-state index contributed by atoms with van der Waals surface area (Å²) >= 11 is 0. The van der Waals surface area contributed by atoms with Crippen molar-refractivity contribution in [2.75, 3.05) is 6.54 Å². The monoisotopic (exact) mass is 241 g/mol. The van der Waals surface area contributed by atoms with E-state index in [4.69, 9.17) is 0 Å². The molecule has 0 aliphatic heterocycles. The van der Waals surface area contributed by atoms with Crippen LogP contribution in [0.4, 0.5) is 8.78 Å². The summed E-state index contributed by atoms with van der Waals surface area (Å²) in [7, 11) is 0. The molecular weight excluding hydrogens is 220 g/mol. The van der Waals surface area contributed by atoms with E-state index in [-0.39, 0.29) is 23.6 Å². The molecule has 1 N–H and O–H groups in total. The van der Waals surface area contributed by atoms with Gasteiger partial charge >= 0.3 is 0 Å². The summed E-state index contributed by atoms with van der Waals surface area (Å²) in [6.45, 7) is 8.94. The van der Waals surface area contributed by atoms with Crippen LogP contribution in [0.3, 0.4) is 0 Å². The predicted molar refractivity (Wildman–Crippen MR) is 66.8 cm³/mol. The Bertz CT molecular complexity index is 363. The Balaban J connectivity index is 3.08. The zero-order chi connectivity index (χ0) is 13.0. The third-order valence-corrected chi connectivity index (χ3v) is 3.29. The van der Waals surface area contributed by atoms with Gasteiger partial charge in [-0.3, -0.25) is 0 Å². The minimum absolute atomic E-state index is 0.143. The Labute approximate surface area is 102 Å². The van der Waals surface area contributed by atoms with Gasteiger partial charge in [0, 0.05) is 11.6 Å². The Morgan fingerprint density at radius 2 is 1.82 bits per heavy atom. The molecule has 1 rings (SSSR count). The summed E-state index contributed by atoms with van der Waals surface area (Å²) in [5, 5.41) is 3.24. The van der Waals surface area contributed by atoms with Crippen molar-refractivity contribution in [2.24, 2.45) is 11.8 Å². The van der Waals surface area contributed by atoms with Crippen molar-refractivity contribution in [3.63, 3.8) is 0 Å². The zero-order valence-electron chi connectivity index (χ0n) is 10.9. The van der Waals surface area contributed by atoms with E-state index in [0.717, 1.165) is 12.6 Å². The maximum atomic E-state index is 13.8. The number of halogens is 2. The summed E-state index contributed by atoms with van der Waals surface area (Å²) in [4.78, 5) is 0. The van der Waals surface area contributed by atoms with E-state index in [0.29, 0.717) is 11.5 Å². The Morgan fingerprint density at radius 3 is 2.35 bits per heavy atom. The van der Waals surface area contributed by atoms with Crippen molar-refractivity contribution in [1.82, 2.24) is 5.32 Å². The normalized spacial score (nSPS) is 15.0. The number of rotatable bonds is 5. The molecular formula is C14H21F2N. The first-order valence-corrected chi connectivity index (χ1v) is 6.15. The molecule has 0 radical (unpaired) electrons. The van der Waals surface area contributed by atoms with Crippen LogP contribution in [0.1, 0.15) is 39.3 Å². The lowest BCUT2D eigenvalue weighted by atomic mass is 9.86. The fourth-order valence-electron chi connectivity index (χ4n) is 1.94. The van der Waals surface area contributed by atoms with Gasteiger partial charge in [-0.2, -0.15) is 0 Å². The van der Waals surface area contributed by atoms with Gasteiger partial charge in [-0.05, 0) is 36.6 Å². The van der Waals surface area contributed by atoms with Crippen molar-refractivity contribution in [3.8, 4) is 0 Å². The van der Waals surface area contributed by atoms with Crippen LogP contribution in [0.2, 0.25) is 0 Å². The standard InChI is InChI=1S/C14H21F2N/c1-5-17-14(10(4)9(2)3)12-8-11(15)6-7-13(12)16/h6-10,14,17H,5H2,1-4H3. The highest BCUT2D eigenvalue weighted by Gasteiger charge is 2.24. The smallest absolute Gasteiger partial charge is 0.128 e. The fourth-order valence-corrected chi connectivity index (χ4v) is 1.94. The summed E-state index contributed by atoms with van der Waals surface area (Å²) < 4.78 is 27.0. The fraction of sp³-hybridized carbons (Fsp3) is 0.571. The zero-order valence-corrected chi connectivity index (χ0v) is 10.9. The number of benzene rings is 1. The van der Waals surface area contributed by atoms with E-state index < -0.39 is 0 Å². The summed E-state index contributed by atoms with van der Waals surface area (Å²) in [6, 6.07) is 3.50. The van der Waals surface area contributed by atoms with E-state index in [2.05, 4.69) is 26.1 Å². The molecule has 0 saturated heterocycles. The molecule has 0 aliphatic carbocycles. The number of nitrogens with one attached hydrogen (secondary N) is 1. The second-order valence-corrected chi connectivity index (χ2v) is 4.80. The van der Waals surface area contributed by atoms with Gasteiger partial charge < -0.3 is 5.32 Å². The van der Waals surface area contributed by atoms with Gasteiger partial charge in [0.2, 0.25) is 0 Å². The van der Waals surface area contributed by atoms with E-state index in [1.807, 2.05) is 6.92 Å². The summed E-state index contributed by atoms with van der Waals surface area (Å²) in [5.41, 5.74) is 0.424. The molecule has 0 saturated carbocycles. The maximum absolute atomic E-state index is 13.8. The molecule has 0 fully saturated rings. The molecule has 0 aliphatic rings. The van der Waals surface area contributed by atoms with Crippen LogP contribution in [0.5, 0.6) is 0 Å². The van der Waals surface area contributed by atoms with Crippen LogP contribution in [-0.2, 0) is 0 Å². The van der Waals surface area contributed by atoms with E-state index in [1.54, 1.807) is 0 Å². The SMILES string of the molecule is CCNC(c1cc(F)ccc1F)C(C)C(C)C. The van der Waals surface area contributed by atoms with E-state index in [9.17, 15) is 8.78 Å². The third kappa shape index (κ3) is 3.50. The molecule has 0 aromatic heterocycles. The van der Waals surface area contributed by atoms with Gasteiger partial charge in [0.05, 0.1) is 0 Å². The molecule has 2 atom stereocenters. The molecule has 2 unspecified atom stereocenters. The Kier molecular flexibility index (Phi) is 5.06. The molecule has 96 valence electrons. The highest BCUT2D eigenvalue weighted by Crippen LogP contribution is 2.29. The van der Waals surface area contributed by atoms with Crippen LogP contribution in [0, 0.1) is 23.5 Å². The minimum Gasteiger partial charge on any atom is -0.310 e. The highest BCUT2D eigenvalue weighted by atomic mass is 19.1. The number of hydrogen-bond acceptors (Lipinski definition) is 1. The van der Waals surface area contributed by atoms with Crippen molar-refractivity contribution in [2.45, 2.75) is 33.7 Å². The van der Waals surface area contributed by atoms with Gasteiger partial charge in [-0.25, -0.2) is 8.78 Å².